The number of nitrogens with zero attached hydrogens (tertiary/aromatic N) is 4. The summed E-state index contributed by atoms with van der Waals surface area (Å²) in [4.78, 5) is 27.1. The fourth-order valence-corrected chi connectivity index (χ4v) is 5.39. The van der Waals surface area contributed by atoms with Crippen LogP contribution in [0.2, 0.25) is 0 Å². The number of urea groups is 1. The summed E-state index contributed by atoms with van der Waals surface area (Å²) in [6.07, 6.45) is 3.12. The average Bonchev–Trinajstić information content (AvgIpc) is 3.41. The minimum absolute atomic E-state index is 0.205. The van der Waals surface area contributed by atoms with Gasteiger partial charge in [0.15, 0.2) is 5.82 Å². The zero-order valence-corrected chi connectivity index (χ0v) is 21.5. The highest BCUT2D eigenvalue weighted by molar-refractivity contribution is 5.89. The highest BCUT2D eigenvalue weighted by Gasteiger charge is 2.31. The molecule has 2 N–H and O–H groups in total. The third-order valence-corrected chi connectivity index (χ3v) is 7.37. The van der Waals surface area contributed by atoms with Crippen molar-refractivity contribution in [1.82, 2.24) is 20.2 Å². The molecule has 9 nitrogen and oxygen atoms in total. The largest absolute Gasteiger partial charge is 0.381 e. The zero-order chi connectivity index (χ0) is 24.9. The normalized spacial score (nSPS) is 22.3. The Balaban J connectivity index is 1.45. The van der Waals surface area contributed by atoms with E-state index in [-0.39, 0.29) is 6.03 Å². The number of carbonyl (C=O) groups excluding carboxylic acids is 1. The number of fused-ring (bicyclic) bond motifs is 1. The second-order valence-corrected chi connectivity index (χ2v) is 9.90. The highest BCUT2D eigenvalue weighted by atomic mass is 16.5. The van der Waals surface area contributed by atoms with Gasteiger partial charge in [0.2, 0.25) is 0 Å². The molecule has 1 aromatic carbocycles. The summed E-state index contributed by atoms with van der Waals surface area (Å²) in [7, 11) is 0. The standard InChI is InChI=1S/C27H38N6O3/c1-3-22-18-36-14-12-33(22)26-23-9-11-32(15-19-10-13-35-17-19)16-24(23)30-25(31-26)20-5-7-21(8-6-20)29-27(34)28-4-2/h5-8,19,22H,3-4,9-18H2,1-2H3,(H2,28,29,34)/t19-,22+/m1/s1. The number of nitrogens with one attached hydrogen (secondary N) is 2. The minimum Gasteiger partial charge on any atom is -0.381 e. The quantitative estimate of drug-likeness (QED) is 0.610. The van der Waals surface area contributed by atoms with Gasteiger partial charge in [0.1, 0.15) is 5.82 Å². The lowest BCUT2D eigenvalue weighted by atomic mass is 10.0. The van der Waals surface area contributed by atoms with E-state index in [0.29, 0.717) is 18.5 Å². The molecular formula is C27H38N6O3. The van der Waals surface area contributed by atoms with Gasteiger partial charge in [-0.05, 0) is 56.4 Å². The molecule has 2 atom stereocenters. The molecule has 0 radical (unpaired) electrons. The Morgan fingerprint density at radius 1 is 1.08 bits per heavy atom. The first kappa shape index (κ1) is 24.9. The first-order valence-electron chi connectivity index (χ1n) is 13.3. The molecule has 2 amide bonds. The molecule has 2 aromatic rings. The number of anilines is 2. The van der Waals surface area contributed by atoms with Gasteiger partial charge in [0.25, 0.3) is 0 Å². The van der Waals surface area contributed by atoms with Crippen molar-refractivity contribution in [3.8, 4) is 11.4 Å². The first-order chi connectivity index (χ1) is 17.6. The fourth-order valence-electron chi connectivity index (χ4n) is 5.39. The van der Waals surface area contributed by atoms with Crippen molar-refractivity contribution in [2.24, 2.45) is 5.92 Å². The summed E-state index contributed by atoms with van der Waals surface area (Å²) in [5, 5.41) is 5.61. The van der Waals surface area contributed by atoms with Crippen LogP contribution in [0.5, 0.6) is 0 Å². The molecular weight excluding hydrogens is 456 g/mol. The molecule has 3 aliphatic heterocycles. The number of hydrogen-bond acceptors (Lipinski definition) is 7. The van der Waals surface area contributed by atoms with Crippen molar-refractivity contribution in [2.75, 3.05) is 62.8 Å². The van der Waals surface area contributed by atoms with Crippen LogP contribution in [0.25, 0.3) is 11.4 Å². The molecule has 9 heteroatoms. The van der Waals surface area contributed by atoms with Crippen LogP contribution in [0.3, 0.4) is 0 Å². The van der Waals surface area contributed by atoms with Crippen molar-refractivity contribution in [2.45, 2.75) is 45.7 Å². The highest BCUT2D eigenvalue weighted by Crippen LogP contribution is 2.32. The molecule has 1 aromatic heterocycles. The van der Waals surface area contributed by atoms with E-state index < -0.39 is 0 Å². The van der Waals surface area contributed by atoms with E-state index in [4.69, 9.17) is 19.4 Å². The maximum absolute atomic E-state index is 11.9. The minimum atomic E-state index is -0.205. The van der Waals surface area contributed by atoms with Gasteiger partial charge in [-0.2, -0.15) is 0 Å². The van der Waals surface area contributed by atoms with Crippen LogP contribution in [-0.4, -0.2) is 79.5 Å². The predicted octanol–water partition coefficient (Wildman–Crippen LogP) is 3.29. The van der Waals surface area contributed by atoms with Crippen LogP contribution in [0.1, 0.15) is 37.9 Å². The first-order valence-corrected chi connectivity index (χ1v) is 13.3. The zero-order valence-electron chi connectivity index (χ0n) is 21.5. The molecule has 3 aliphatic rings. The van der Waals surface area contributed by atoms with Crippen LogP contribution in [-0.2, 0) is 22.4 Å². The van der Waals surface area contributed by atoms with Crippen LogP contribution in [0.15, 0.2) is 24.3 Å². The van der Waals surface area contributed by atoms with Gasteiger partial charge < -0.3 is 25.0 Å². The topological polar surface area (TPSA) is 91.9 Å². The molecule has 5 rings (SSSR count). The third-order valence-electron chi connectivity index (χ3n) is 7.37. The van der Waals surface area contributed by atoms with E-state index in [1.807, 2.05) is 31.2 Å². The van der Waals surface area contributed by atoms with E-state index >= 15 is 0 Å². The van der Waals surface area contributed by atoms with Crippen molar-refractivity contribution in [3.05, 3.63) is 35.5 Å². The van der Waals surface area contributed by atoms with Gasteiger partial charge in [0.05, 0.1) is 31.6 Å². The van der Waals surface area contributed by atoms with E-state index in [1.54, 1.807) is 0 Å². The van der Waals surface area contributed by atoms with Gasteiger partial charge >= 0.3 is 6.03 Å². The summed E-state index contributed by atoms with van der Waals surface area (Å²) < 4.78 is 11.4. The molecule has 0 bridgehead atoms. The number of ether oxygens (including phenoxy) is 2. The fraction of sp³-hybridized carbons (Fsp3) is 0.593. The van der Waals surface area contributed by atoms with E-state index in [9.17, 15) is 4.79 Å². The summed E-state index contributed by atoms with van der Waals surface area (Å²) >= 11 is 0. The SMILES string of the molecule is CCNC(=O)Nc1ccc(-c2nc3c(c(N4CCOC[C@@H]4CC)n2)CCN(C[C@H]2CCOC2)C3)cc1. The lowest BCUT2D eigenvalue weighted by Crippen LogP contribution is -2.47. The van der Waals surface area contributed by atoms with E-state index in [2.05, 4.69) is 27.4 Å². The van der Waals surface area contributed by atoms with Gasteiger partial charge in [-0.15, -0.1) is 0 Å². The maximum atomic E-state index is 11.9. The Labute approximate surface area is 213 Å². The van der Waals surface area contributed by atoms with E-state index in [0.717, 1.165) is 100 Å². The number of benzene rings is 1. The lowest BCUT2D eigenvalue weighted by Gasteiger charge is -2.39. The lowest BCUT2D eigenvalue weighted by molar-refractivity contribution is 0.0923. The molecule has 0 spiro atoms. The number of aromatic nitrogens is 2. The van der Waals surface area contributed by atoms with Gasteiger partial charge in [0, 0.05) is 56.1 Å². The van der Waals surface area contributed by atoms with Crippen LogP contribution in [0.4, 0.5) is 16.3 Å². The molecule has 0 saturated carbocycles. The van der Waals surface area contributed by atoms with Gasteiger partial charge in [-0.1, -0.05) is 6.92 Å². The van der Waals surface area contributed by atoms with Crippen molar-refractivity contribution in [3.63, 3.8) is 0 Å². The molecule has 4 heterocycles. The maximum Gasteiger partial charge on any atom is 0.319 e. The molecule has 36 heavy (non-hydrogen) atoms. The van der Waals surface area contributed by atoms with Gasteiger partial charge in [-0.3, -0.25) is 4.90 Å². The van der Waals surface area contributed by atoms with Crippen LogP contribution < -0.4 is 15.5 Å². The number of rotatable bonds is 7. The molecule has 0 unspecified atom stereocenters. The molecule has 2 saturated heterocycles. The predicted molar refractivity (Wildman–Crippen MR) is 140 cm³/mol. The average molecular weight is 495 g/mol. The second kappa shape index (κ2) is 11.5. The Kier molecular flexibility index (Phi) is 7.99. The number of morpholine rings is 1. The van der Waals surface area contributed by atoms with Crippen molar-refractivity contribution in [1.29, 1.82) is 0 Å². The Morgan fingerprint density at radius 2 is 1.92 bits per heavy atom. The monoisotopic (exact) mass is 494 g/mol. The second-order valence-electron chi connectivity index (χ2n) is 9.90. The summed E-state index contributed by atoms with van der Waals surface area (Å²) in [6, 6.07) is 7.90. The number of amides is 2. The van der Waals surface area contributed by atoms with Crippen LogP contribution in [0, 0.1) is 5.92 Å². The Bertz CT molecular complexity index is 1040. The number of hydrogen-bond donors (Lipinski definition) is 2. The summed E-state index contributed by atoms with van der Waals surface area (Å²) in [5.74, 6) is 2.42. The summed E-state index contributed by atoms with van der Waals surface area (Å²) in [5.41, 5.74) is 4.11. The van der Waals surface area contributed by atoms with E-state index in [1.165, 1.54) is 5.56 Å². The molecule has 2 fully saturated rings. The van der Waals surface area contributed by atoms with Crippen molar-refractivity contribution < 1.29 is 14.3 Å². The molecule has 0 aliphatic carbocycles. The Morgan fingerprint density at radius 3 is 2.67 bits per heavy atom. The van der Waals surface area contributed by atoms with Crippen molar-refractivity contribution >= 4 is 17.5 Å². The number of carbonyl (C=O) groups is 1. The summed E-state index contributed by atoms with van der Waals surface area (Å²) in [6.45, 7) is 11.7. The third kappa shape index (κ3) is 5.63. The molecule has 194 valence electrons. The smallest absolute Gasteiger partial charge is 0.319 e. The van der Waals surface area contributed by atoms with Gasteiger partial charge in [-0.25, -0.2) is 14.8 Å². The Hall–Kier alpha value is -2.75. The van der Waals surface area contributed by atoms with Crippen LogP contribution >= 0.6 is 0 Å².